The molecule has 1 unspecified atom stereocenters. The quantitative estimate of drug-likeness (QED) is 0.871. The largest absolute Gasteiger partial charge is 0.379 e. The molecular weight excluding hydrogens is 236 g/mol. The van der Waals surface area contributed by atoms with Crippen molar-refractivity contribution in [1.29, 1.82) is 0 Å². The average molecular weight is 260 g/mol. The SMILES string of the molecule is Cc1ccc(C2(C3CNCCN3C)COC2)cc1C. The Hall–Kier alpha value is -0.900. The summed E-state index contributed by atoms with van der Waals surface area (Å²) in [6, 6.07) is 7.45. The van der Waals surface area contributed by atoms with Crippen LogP contribution in [0.1, 0.15) is 16.7 Å². The van der Waals surface area contributed by atoms with Crippen LogP contribution >= 0.6 is 0 Å². The molecule has 0 bridgehead atoms. The van der Waals surface area contributed by atoms with Gasteiger partial charge in [0, 0.05) is 25.7 Å². The van der Waals surface area contributed by atoms with Gasteiger partial charge in [-0.05, 0) is 37.6 Å². The minimum absolute atomic E-state index is 0.181. The Morgan fingerprint density at radius 3 is 2.63 bits per heavy atom. The number of rotatable bonds is 2. The van der Waals surface area contributed by atoms with Gasteiger partial charge in [-0.15, -0.1) is 0 Å². The highest BCUT2D eigenvalue weighted by molar-refractivity contribution is 5.38. The third-order valence-corrected chi connectivity index (χ3v) is 4.95. The van der Waals surface area contributed by atoms with Gasteiger partial charge in [-0.3, -0.25) is 4.90 Å². The van der Waals surface area contributed by atoms with Gasteiger partial charge in [0.25, 0.3) is 0 Å². The number of likely N-dealkylation sites (N-methyl/N-ethyl adjacent to an activating group) is 1. The minimum Gasteiger partial charge on any atom is -0.379 e. The van der Waals surface area contributed by atoms with Crippen LogP contribution in [0, 0.1) is 13.8 Å². The lowest BCUT2D eigenvalue weighted by Gasteiger charge is -2.52. The van der Waals surface area contributed by atoms with E-state index in [1.807, 2.05) is 0 Å². The summed E-state index contributed by atoms with van der Waals surface area (Å²) in [5.41, 5.74) is 4.38. The van der Waals surface area contributed by atoms with E-state index in [4.69, 9.17) is 4.74 Å². The Morgan fingerprint density at radius 1 is 1.26 bits per heavy atom. The van der Waals surface area contributed by atoms with Gasteiger partial charge in [0.05, 0.1) is 18.6 Å². The van der Waals surface area contributed by atoms with Crippen molar-refractivity contribution in [1.82, 2.24) is 10.2 Å². The molecule has 0 amide bonds. The number of benzene rings is 1. The lowest BCUT2D eigenvalue weighted by molar-refractivity contribution is -0.103. The van der Waals surface area contributed by atoms with E-state index < -0.39 is 0 Å². The van der Waals surface area contributed by atoms with Crippen LogP contribution in [0.4, 0.5) is 0 Å². The van der Waals surface area contributed by atoms with Crippen LogP contribution in [0.2, 0.25) is 0 Å². The molecule has 1 atom stereocenters. The van der Waals surface area contributed by atoms with E-state index in [9.17, 15) is 0 Å². The third-order valence-electron chi connectivity index (χ3n) is 4.95. The van der Waals surface area contributed by atoms with E-state index >= 15 is 0 Å². The van der Waals surface area contributed by atoms with Gasteiger partial charge in [0.15, 0.2) is 0 Å². The number of piperazine rings is 1. The molecule has 2 heterocycles. The summed E-state index contributed by atoms with van der Waals surface area (Å²) in [7, 11) is 2.24. The van der Waals surface area contributed by atoms with Crippen molar-refractivity contribution in [2.45, 2.75) is 25.3 Å². The van der Waals surface area contributed by atoms with E-state index in [0.717, 1.165) is 32.8 Å². The van der Waals surface area contributed by atoms with Crippen molar-refractivity contribution in [3.8, 4) is 0 Å². The van der Waals surface area contributed by atoms with Crippen LogP contribution < -0.4 is 5.32 Å². The maximum absolute atomic E-state index is 5.61. The number of aryl methyl sites for hydroxylation is 2. The van der Waals surface area contributed by atoms with Crippen LogP contribution in [0.25, 0.3) is 0 Å². The zero-order chi connectivity index (χ0) is 13.5. The Labute approximate surface area is 115 Å². The molecule has 2 aliphatic rings. The molecule has 1 aromatic carbocycles. The molecule has 2 saturated heterocycles. The molecule has 1 aromatic rings. The maximum Gasteiger partial charge on any atom is 0.0601 e. The summed E-state index contributed by atoms with van der Waals surface area (Å²) >= 11 is 0. The molecule has 0 spiro atoms. The lowest BCUT2D eigenvalue weighted by Crippen LogP contribution is -2.66. The Morgan fingerprint density at radius 2 is 2.05 bits per heavy atom. The molecule has 0 aliphatic carbocycles. The molecule has 2 fully saturated rings. The molecular formula is C16H24N2O. The zero-order valence-electron chi connectivity index (χ0n) is 12.2. The molecule has 0 aromatic heterocycles. The van der Waals surface area contributed by atoms with Crippen molar-refractivity contribution in [2.75, 3.05) is 39.9 Å². The van der Waals surface area contributed by atoms with E-state index in [-0.39, 0.29) is 5.41 Å². The van der Waals surface area contributed by atoms with Gasteiger partial charge in [-0.1, -0.05) is 18.2 Å². The molecule has 3 heteroatoms. The van der Waals surface area contributed by atoms with Crippen molar-refractivity contribution >= 4 is 0 Å². The number of nitrogens with zero attached hydrogens (tertiary/aromatic N) is 1. The normalized spacial score (nSPS) is 27.0. The molecule has 19 heavy (non-hydrogen) atoms. The van der Waals surface area contributed by atoms with Gasteiger partial charge in [-0.25, -0.2) is 0 Å². The van der Waals surface area contributed by atoms with Gasteiger partial charge in [0.1, 0.15) is 0 Å². The fourth-order valence-electron chi connectivity index (χ4n) is 3.35. The van der Waals surface area contributed by atoms with Crippen LogP contribution in [0.5, 0.6) is 0 Å². The first-order valence-electron chi connectivity index (χ1n) is 7.20. The molecule has 104 valence electrons. The van der Waals surface area contributed by atoms with Gasteiger partial charge in [-0.2, -0.15) is 0 Å². The number of hydrogen-bond acceptors (Lipinski definition) is 3. The smallest absolute Gasteiger partial charge is 0.0601 e. The highest BCUT2D eigenvalue weighted by Gasteiger charge is 2.49. The Kier molecular flexibility index (Phi) is 3.37. The highest BCUT2D eigenvalue weighted by atomic mass is 16.5. The molecule has 2 aliphatic heterocycles. The summed E-state index contributed by atoms with van der Waals surface area (Å²) in [6.07, 6.45) is 0. The van der Waals surface area contributed by atoms with Crippen molar-refractivity contribution in [2.24, 2.45) is 0 Å². The van der Waals surface area contributed by atoms with E-state index in [2.05, 4.69) is 49.3 Å². The summed E-state index contributed by atoms with van der Waals surface area (Å²) in [6.45, 7) is 9.37. The van der Waals surface area contributed by atoms with Crippen molar-refractivity contribution in [3.05, 3.63) is 34.9 Å². The Bertz CT molecular complexity index is 468. The topological polar surface area (TPSA) is 24.5 Å². The third kappa shape index (κ3) is 2.10. The molecule has 0 saturated carbocycles. The summed E-state index contributed by atoms with van der Waals surface area (Å²) < 4.78 is 5.61. The number of nitrogens with one attached hydrogen (secondary N) is 1. The summed E-state index contributed by atoms with van der Waals surface area (Å²) in [4.78, 5) is 2.49. The van der Waals surface area contributed by atoms with E-state index in [1.165, 1.54) is 16.7 Å². The second kappa shape index (κ2) is 4.89. The zero-order valence-corrected chi connectivity index (χ0v) is 12.2. The summed E-state index contributed by atoms with van der Waals surface area (Å²) in [5, 5.41) is 3.54. The Balaban J connectivity index is 1.95. The molecule has 0 radical (unpaired) electrons. The van der Waals surface area contributed by atoms with Gasteiger partial charge >= 0.3 is 0 Å². The number of ether oxygens (including phenoxy) is 1. The lowest BCUT2D eigenvalue weighted by atomic mass is 9.70. The second-order valence-electron chi connectivity index (χ2n) is 6.15. The second-order valence-corrected chi connectivity index (χ2v) is 6.15. The van der Waals surface area contributed by atoms with Crippen LogP contribution in [0.3, 0.4) is 0 Å². The van der Waals surface area contributed by atoms with Crippen LogP contribution in [0.15, 0.2) is 18.2 Å². The standard InChI is InChI=1S/C16H24N2O/c1-12-4-5-14(8-13(12)2)16(10-19-11-16)15-9-17-6-7-18(15)3/h4-5,8,15,17H,6-7,9-11H2,1-3H3. The number of hydrogen-bond donors (Lipinski definition) is 1. The predicted molar refractivity (Wildman–Crippen MR) is 77.7 cm³/mol. The van der Waals surface area contributed by atoms with E-state index in [0.29, 0.717) is 6.04 Å². The van der Waals surface area contributed by atoms with Gasteiger partial charge in [0.2, 0.25) is 0 Å². The molecule has 3 rings (SSSR count). The summed E-state index contributed by atoms with van der Waals surface area (Å²) in [5.74, 6) is 0. The van der Waals surface area contributed by atoms with Crippen LogP contribution in [-0.4, -0.2) is 50.8 Å². The molecule has 3 nitrogen and oxygen atoms in total. The first-order valence-corrected chi connectivity index (χ1v) is 7.20. The predicted octanol–water partition coefficient (Wildman–Crippen LogP) is 1.48. The highest BCUT2D eigenvalue weighted by Crippen LogP contribution is 2.39. The first kappa shape index (κ1) is 13.1. The molecule has 1 N–H and O–H groups in total. The fourth-order valence-corrected chi connectivity index (χ4v) is 3.35. The monoisotopic (exact) mass is 260 g/mol. The first-order chi connectivity index (χ1) is 9.13. The van der Waals surface area contributed by atoms with Crippen molar-refractivity contribution in [3.63, 3.8) is 0 Å². The van der Waals surface area contributed by atoms with Crippen molar-refractivity contribution < 1.29 is 4.74 Å². The fraction of sp³-hybridized carbons (Fsp3) is 0.625. The average Bonchev–Trinajstić information content (AvgIpc) is 2.34. The maximum atomic E-state index is 5.61. The van der Waals surface area contributed by atoms with E-state index in [1.54, 1.807) is 0 Å². The minimum atomic E-state index is 0.181. The van der Waals surface area contributed by atoms with Crippen LogP contribution in [-0.2, 0) is 10.2 Å². The van der Waals surface area contributed by atoms with Gasteiger partial charge < -0.3 is 10.1 Å².